The number of hydrogen-bond donors (Lipinski definition) is 6. The zero-order valence-corrected chi connectivity index (χ0v) is 28.8. The molecule has 12 nitrogen and oxygen atoms in total. The lowest BCUT2D eigenvalue weighted by Gasteiger charge is -2.28. The Morgan fingerprint density at radius 1 is 1.07 bits per heavy atom. The number of guanidine groups is 1. The predicted molar refractivity (Wildman–Crippen MR) is 186 cm³/mol. The molecule has 1 atom stereocenters. The third-order valence-corrected chi connectivity index (χ3v) is 7.75. The van der Waals surface area contributed by atoms with Crippen molar-refractivity contribution in [2.45, 2.75) is 118 Å². The number of nitrogens with one attached hydrogen (secondary N) is 6. The Balaban J connectivity index is 1.64. The maximum atomic E-state index is 12.4. The van der Waals surface area contributed by atoms with Gasteiger partial charge in [0.1, 0.15) is 5.82 Å². The smallest absolute Gasteiger partial charge is 0.321 e. The van der Waals surface area contributed by atoms with E-state index in [1.165, 1.54) is 70.3 Å². The number of aryl methyl sites for hydroxylation is 1. The van der Waals surface area contributed by atoms with Crippen LogP contribution in [-0.4, -0.2) is 47.6 Å². The van der Waals surface area contributed by atoms with Gasteiger partial charge in [0.25, 0.3) is 5.56 Å². The number of rotatable bonds is 21. The summed E-state index contributed by atoms with van der Waals surface area (Å²) in [7, 11) is 0. The summed E-state index contributed by atoms with van der Waals surface area (Å²) in [6, 6.07) is 0.360. The van der Waals surface area contributed by atoms with Crippen LogP contribution in [0.25, 0.3) is 0 Å². The Bertz CT molecular complexity index is 1240. The van der Waals surface area contributed by atoms with Gasteiger partial charge in [-0.3, -0.25) is 20.1 Å². The number of aliphatic imine (C=N–C) groups is 2. The molecule has 0 saturated heterocycles. The molecule has 0 saturated carbocycles. The SMILES string of the molecule is C=C1C=C(NCCCCCCCCCCCCC)NC(=NC([O-])=NCCC(C)CC(C)(C)CNC(=O)Nc2nc(C)cc(=O)[nH]2)N1. The number of unbranched alkanes of at least 4 members (excludes halogenated alkanes) is 10. The summed E-state index contributed by atoms with van der Waals surface area (Å²) in [6.07, 6.45) is 17.7. The van der Waals surface area contributed by atoms with Crippen LogP contribution in [0.5, 0.6) is 0 Å². The number of nitrogens with zero attached hydrogens (tertiary/aromatic N) is 3. The van der Waals surface area contributed by atoms with Crippen LogP contribution in [0.4, 0.5) is 10.7 Å². The average Bonchev–Trinajstić information content (AvgIpc) is 2.95. The average molecular weight is 641 g/mol. The Hall–Kier alpha value is -3.83. The van der Waals surface area contributed by atoms with Gasteiger partial charge in [-0.1, -0.05) is 98.5 Å². The van der Waals surface area contributed by atoms with Gasteiger partial charge in [0.15, 0.2) is 0 Å². The van der Waals surface area contributed by atoms with Crippen molar-refractivity contribution in [3.05, 3.63) is 46.3 Å². The number of hydrogen-bond acceptors (Lipinski definition) is 6. The lowest BCUT2D eigenvalue weighted by atomic mass is 9.82. The first kappa shape index (κ1) is 38.4. The van der Waals surface area contributed by atoms with Crippen LogP contribution in [0.3, 0.4) is 0 Å². The number of carbonyl (C=O) groups is 1. The van der Waals surface area contributed by atoms with Gasteiger partial charge in [-0.2, -0.15) is 0 Å². The van der Waals surface area contributed by atoms with E-state index in [4.69, 9.17) is 0 Å². The van der Waals surface area contributed by atoms with Gasteiger partial charge in [-0.05, 0) is 37.5 Å². The number of urea groups is 1. The molecular formula is C34H58N9O3-. The highest BCUT2D eigenvalue weighted by molar-refractivity contribution is 5.93. The topological polar surface area (TPSA) is 171 Å². The van der Waals surface area contributed by atoms with E-state index in [1.54, 1.807) is 6.92 Å². The van der Waals surface area contributed by atoms with Crippen molar-refractivity contribution < 1.29 is 9.90 Å². The predicted octanol–water partition coefficient (Wildman–Crippen LogP) is 5.16. The highest BCUT2D eigenvalue weighted by Gasteiger charge is 2.22. The zero-order valence-electron chi connectivity index (χ0n) is 28.8. The standard InChI is InChI=1S/C34H59N9O3/c1-7-8-9-10-11-12-13-14-15-16-17-19-35-28-21-26(3)38-30(40-28)42-32(45)36-20-18-25(2)23-34(5,6)24-37-33(46)43-31-39-27(4)22-29(44)41-31/h21-22,25,35H,3,7-20,23-24H2,1-2,4-6H3,(H3,36,38,40,42,45)(H3,37,39,41,43,44,46)/p-1. The second-order valence-corrected chi connectivity index (χ2v) is 13.2. The molecule has 1 aromatic heterocycles. The fourth-order valence-electron chi connectivity index (χ4n) is 5.46. The quantitative estimate of drug-likeness (QED) is 0.0612. The third kappa shape index (κ3) is 17.6. The van der Waals surface area contributed by atoms with Gasteiger partial charge >= 0.3 is 6.03 Å². The van der Waals surface area contributed by atoms with E-state index in [0.717, 1.165) is 25.2 Å². The molecule has 6 N–H and O–H groups in total. The Labute approximate surface area is 275 Å². The van der Waals surface area contributed by atoms with Gasteiger partial charge in [0.2, 0.25) is 11.9 Å². The number of amidine groups is 1. The monoisotopic (exact) mass is 640 g/mol. The molecule has 258 valence electrons. The third-order valence-electron chi connectivity index (χ3n) is 7.75. The summed E-state index contributed by atoms with van der Waals surface area (Å²) in [5, 5.41) is 27.3. The molecular weight excluding hydrogens is 582 g/mol. The van der Waals surface area contributed by atoms with Crippen molar-refractivity contribution in [2.24, 2.45) is 21.3 Å². The van der Waals surface area contributed by atoms with Crippen LogP contribution in [0.15, 0.2) is 45.0 Å². The highest BCUT2D eigenvalue weighted by atomic mass is 16.3. The van der Waals surface area contributed by atoms with Crippen LogP contribution < -0.4 is 37.2 Å². The van der Waals surface area contributed by atoms with Crippen molar-refractivity contribution in [3.63, 3.8) is 0 Å². The molecule has 0 bridgehead atoms. The molecule has 2 rings (SSSR count). The molecule has 0 fully saturated rings. The maximum Gasteiger partial charge on any atom is 0.321 e. The number of carbonyl (C=O) groups excluding carboxylic acids is 1. The first-order valence-electron chi connectivity index (χ1n) is 17.1. The number of anilines is 1. The molecule has 0 spiro atoms. The number of amides is 2. The fourth-order valence-corrected chi connectivity index (χ4v) is 5.46. The number of H-pyrrole nitrogens is 1. The second-order valence-electron chi connectivity index (χ2n) is 13.2. The van der Waals surface area contributed by atoms with Crippen molar-refractivity contribution in [2.75, 3.05) is 25.0 Å². The first-order valence-corrected chi connectivity index (χ1v) is 17.1. The van der Waals surface area contributed by atoms with E-state index >= 15 is 0 Å². The van der Waals surface area contributed by atoms with Gasteiger partial charge in [0, 0.05) is 43.2 Å². The van der Waals surface area contributed by atoms with E-state index in [2.05, 4.69) is 80.8 Å². The summed E-state index contributed by atoms with van der Waals surface area (Å²) in [4.78, 5) is 38.7. The molecule has 2 heterocycles. The minimum absolute atomic E-state index is 0.106. The normalized spacial score (nSPS) is 15.2. The summed E-state index contributed by atoms with van der Waals surface area (Å²) < 4.78 is 0. The minimum atomic E-state index is -0.554. The molecule has 46 heavy (non-hydrogen) atoms. The van der Waals surface area contributed by atoms with Gasteiger partial charge < -0.3 is 26.4 Å². The summed E-state index contributed by atoms with van der Waals surface area (Å²) >= 11 is 0. The molecule has 1 aromatic rings. The molecule has 2 amide bonds. The summed E-state index contributed by atoms with van der Waals surface area (Å²) in [6.45, 7) is 15.8. The Morgan fingerprint density at radius 2 is 1.72 bits per heavy atom. The first-order chi connectivity index (χ1) is 22.0. The Morgan fingerprint density at radius 3 is 2.37 bits per heavy atom. The molecule has 1 aliphatic rings. The summed E-state index contributed by atoms with van der Waals surface area (Å²) in [5.41, 5.74) is 0.637. The lowest BCUT2D eigenvalue weighted by Crippen LogP contribution is -2.45. The van der Waals surface area contributed by atoms with Crippen LogP contribution in [0, 0.1) is 18.3 Å². The molecule has 0 aliphatic carbocycles. The minimum Gasteiger partial charge on any atom is -0.845 e. The van der Waals surface area contributed by atoms with Crippen LogP contribution in [0.1, 0.15) is 117 Å². The summed E-state index contributed by atoms with van der Waals surface area (Å²) in [5.74, 6) is 1.45. The van der Waals surface area contributed by atoms with E-state index in [9.17, 15) is 14.7 Å². The molecule has 0 aromatic carbocycles. The van der Waals surface area contributed by atoms with Crippen LogP contribution in [-0.2, 0) is 0 Å². The largest absolute Gasteiger partial charge is 0.845 e. The number of aromatic amines is 1. The molecule has 1 unspecified atom stereocenters. The molecule has 0 radical (unpaired) electrons. The van der Waals surface area contributed by atoms with E-state index in [-0.39, 0.29) is 22.8 Å². The molecule has 1 aliphatic heterocycles. The highest BCUT2D eigenvalue weighted by Crippen LogP contribution is 2.26. The molecule has 12 heteroatoms. The van der Waals surface area contributed by atoms with Crippen molar-refractivity contribution in [1.29, 1.82) is 0 Å². The van der Waals surface area contributed by atoms with E-state index < -0.39 is 12.1 Å². The van der Waals surface area contributed by atoms with Gasteiger partial charge in [-0.15, -0.1) is 0 Å². The van der Waals surface area contributed by atoms with E-state index in [0.29, 0.717) is 36.9 Å². The van der Waals surface area contributed by atoms with Crippen LogP contribution in [0.2, 0.25) is 0 Å². The van der Waals surface area contributed by atoms with Gasteiger partial charge in [-0.25, -0.2) is 14.8 Å². The fraction of sp³-hybridized carbons (Fsp3) is 0.676. The second kappa shape index (κ2) is 21.1. The lowest BCUT2D eigenvalue weighted by molar-refractivity contribution is -0.217. The van der Waals surface area contributed by atoms with Crippen molar-refractivity contribution >= 4 is 24.0 Å². The Kier molecular flexibility index (Phi) is 17.6. The zero-order chi connectivity index (χ0) is 33.8. The van der Waals surface area contributed by atoms with Crippen molar-refractivity contribution in [1.82, 2.24) is 31.2 Å². The van der Waals surface area contributed by atoms with Gasteiger partial charge in [0.05, 0.1) is 6.02 Å². The maximum absolute atomic E-state index is 12.4. The number of aromatic nitrogens is 2. The van der Waals surface area contributed by atoms with Crippen molar-refractivity contribution in [3.8, 4) is 0 Å². The van der Waals surface area contributed by atoms with Crippen LogP contribution >= 0.6 is 0 Å². The number of allylic oxidation sites excluding steroid dienone is 1. The van der Waals surface area contributed by atoms with E-state index in [1.807, 2.05) is 6.08 Å².